The van der Waals surface area contributed by atoms with E-state index in [1.54, 1.807) is 47.8 Å². The second kappa shape index (κ2) is 46.4. The highest BCUT2D eigenvalue weighted by atomic mass is 32.2. The van der Waals surface area contributed by atoms with Crippen molar-refractivity contribution in [3.05, 3.63) is 0 Å². The molecule has 0 heterocycles. The van der Waals surface area contributed by atoms with Crippen LogP contribution in [0.4, 0.5) is 0 Å². The summed E-state index contributed by atoms with van der Waals surface area (Å²) in [6, 6.07) is -16.1. The van der Waals surface area contributed by atoms with E-state index in [1.807, 2.05) is 0 Å². The van der Waals surface area contributed by atoms with E-state index in [0.717, 1.165) is 0 Å². The fourth-order valence-electron chi connectivity index (χ4n) is 8.86. The van der Waals surface area contributed by atoms with E-state index in [4.69, 9.17) is 22.3 Å². The van der Waals surface area contributed by atoms with Crippen LogP contribution in [0, 0.1) is 23.7 Å². The van der Waals surface area contributed by atoms with Gasteiger partial charge in [-0.2, -0.15) is 11.8 Å². The number of aliphatic hydroxyl groups excluding tert-OH is 1. The van der Waals surface area contributed by atoms with E-state index in [1.165, 1.54) is 32.5 Å². The van der Waals surface area contributed by atoms with Crippen LogP contribution in [0.25, 0.3) is 0 Å². The lowest BCUT2D eigenvalue weighted by molar-refractivity contribution is -0.142. The normalized spacial score (nSPS) is 15.1. The first-order chi connectivity index (χ1) is 45.4. The Balaban J connectivity index is 6.06. The molecule has 97 heavy (non-hydrogen) atoms. The summed E-state index contributed by atoms with van der Waals surface area (Å²) < 4.78 is 0. The third-order valence-corrected chi connectivity index (χ3v) is 15.6. The molecule has 38 heteroatoms. The fourth-order valence-corrected chi connectivity index (χ4v) is 9.33. The number of amides is 14. The highest BCUT2D eigenvalue weighted by Crippen LogP contribution is 2.14. The molecular formula is C59H102N16O21S. The molecule has 0 aliphatic heterocycles. The molecule has 0 bridgehead atoms. The minimum atomic E-state index is -1.87. The molecular weight excluding hydrogens is 1300 g/mol. The Morgan fingerprint density at radius 1 is 0.443 bits per heavy atom. The molecule has 14 amide bonds. The van der Waals surface area contributed by atoms with Gasteiger partial charge in [-0.05, 0) is 87.7 Å². The van der Waals surface area contributed by atoms with Crippen molar-refractivity contribution in [1.29, 1.82) is 0 Å². The Morgan fingerprint density at radius 2 is 0.887 bits per heavy atom. The van der Waals surface area contributed by atoms with E-state index >= 15 is 0 Å². The summed E-state index contributed by atoms with van der Waals surface area (Å²) in [5.74, 6) is -19.3. The van der Waals surface area contributed by atoms with E-state index in [0.29, 0.717) is 25.0 Å². The quantitative estimate of drug-likeness (QED) is 0.0252. The minimum Gasteiger partial charge on any atom is -0.481 e. The van der Waals surface area contributed by atoms with Gasteiger partial charge in [-0.25, -0.2) is 4.79 Å². The molecule has 0 aromatic rings. The molecule has 0 rings (SSSR count). The summed E-state index contributed by atoms with van der Waals surface area (Å²) in [5.41, 5.74) is 16.7. The van der Waals surface area contributed by atoms with Gasteiger partial charge < -0.3 is 107 Å². The lowest BCUT2D eigenvalue weighted by Gasteiger charge is -2.29. The Hall–Kier alpha value is -8.78. The van der Waals surface area contributed by atoms with Crippen LogP contribution in [0.5, 0.6) is 0 Å². The van der Waals surface area contributed by atoms with Crippen LogP contribution >= 0.6 is 11.8 Å². The summed E-state index contributed by atoms with van der Waals surface area (Å²) in [5, 5.41) is 68.7. The van der Waals surface area contributed by atoms with Gasteiger partial charge in [0, 0.05) is 6.42 Å². The van der Waals surface area contributed by atoms with Crippen LogP contribution in [0.1, 0.15) is 133 Å². The number of aliphatic hydroxyl groups is 1. The van der Waals surface area contributed by atoms with Crippen molar-refractivity contribution in [3.8, 4) is 0 Å². The van der Waals surface area contributed by atoms with Crippen molar-refractivity contribution in [3.63, 3.8) is 0 Å². The lowest BCUT2D eigenvalue weighted by atomic mass is 9.94. The zero-order valence-electron chi connectivity index (χ0n) is 56.6. The summed E-state index contributed by atoms with van der Waals surface area (Å²) in [6.45, 7) is 11.3. The number of nitrogens with two attached hydrogens (primary N) is 3. The molecule has 0 aliphatic rings. The Morgan fingerprint density at radius 3 is 1.37 bits per heavy atom. The van der Waals surface area contributed by atoms with Crippen LogP contribution in [0.15, 0.2) is 0 Å². The number of thioether (sulfide) groups is 1. The number of carboxylic acids is 3. The Labute approximate surface area is 566 Å². The molecule has 13 atom stereocenters. The molecule has 23 N–H and O–H groups in total. The summed E-state index contributed by atoms with van der Waals surface area (Å²) in [4.78, 5) is 220. The number of nitrogens with one attached hydrogen (secondary N) is 13. The minimum absolute atomic E-state index is 0.107. The molecule has 0 aromatic heterocycles. The van der Waals surface area contributed by atoms with Crippen LogP contribution < -0.4 is 86.3 Å². The second-order valence-electron chi connectivity index (χ2n) is 23.9. The number of hydrogen-bond donors (Lipinski definition) is 20. The van der Waals surface area contributed by atoms with E-state index < -0.39 is 230 Å². The first kappa shape index (κ1) is 88.2. The SMILES string of the molecule is CCC(C)C(NC(=O)C(C)NC(=O)CNC(=O)C(CCCCN)NC(=O)C(CC(N)=O)NC(=O)C(CO)NC(=O)CNC(=O)C(NC(=O)C(CC(=O)O)NC(=O)C(N)CCC(=O)O)C(C)C)C(=O)NC(C(=O)NCC(=O)NC(CC(C)C)C(=O)NC(CCSC)C(=O)O)C(C)CC. The van der Waals surface area contributed by atoms with Gasteiger partial charge in [0.05, 0.1) is 45.1 Å². The molecule has 0 aliphatic carbocycles. The van der Waals surface area contributed by atoms with E-state index in [2.05, 4.69) is 69.1 Å². The smallest absolute Gasteiger partial charge is 0.326 e. The van der Waals surface area contributed by atoms with Crippen LogP contribution in [0.3, 0.4) is 0 Å². The molecule has 0 spiro atoms. The largest absolute Gasteiger partial charge is 0.481 e. The predicted molar refractivity (Wildman–Crippen MR) is 349 cm³/mol. The van der Waals surface area contributed by atoms with Crippen molar-refractivity contribution in [2.75, 3.05) is 44.8 Å². The van der Waals surface area contributed by atoms with Gasteiger partial charge in [-0.3, -0.25) is 76.7 Å². The van der Waals surface area contributed by atoms with Crippen molar-refractivity contribution in [2.24, 2.45) is 40.9 Å². The number of primary amides is 1. The van der Waals surface area contributed by atoms with Crippen molar-refractivity contribution >= 4 is 112 Å². The number of carbonyl (C=O) groups is 17. The van der Waals surface area contributed by atoms with Crippen molar-refractivity contribution in [2.45, 2.75) is 199 Å². The number of aliphatic carboxylic acids is 3. The van der Waals surface area contributed by atoms with Gasteiger partial charge in [0.15, 0.2) is 0 Å². The van der Waals surface area contributed by atoms with Gasteiger partial charge in [-0.15, -0.1) is 0 Å². The monoisotopic (exact) mass is 1400 g/mol. The highest BCUT2D eigenvalue weighted by Gasteiger charge is 2.37. The lowest BCUT2D eigenvalue weighted by Crippen LogP contribution is -2.60. The second-order valence-corrected chi connectivity index (χ2v) is 24.9. The van der Waals surface area contributed by atoms with E-state index in [9.17, 15) is 96.8 Å². The molecule has 13 unspecified atom stereocenters. The van der Waals surface area contributed by atoms with Crippen LogP contribution in [-0.4, -0.2) is 232 Å². The van der Waals surface area contributed by atoms with E-state index in [-0.39, 0.29) is 44.6 Å². The topological polar surface area (TPSA) is 606 Å². The number of unbranched alkanes of at least 4 members (excludes halogenated alkanes) is 1. The molecule has 37 nitrogen and oxygen atoms in total. The Kier molecular flexibility index (Phi) is 42.2. The average Bonchev–Trinajstić information content (AvgIpc) is 0.890. The van der Waals surface area contributed by atoms with Crippen molar-refractivity contribution < 1.29 is 102 Å². The van der Waals surface area contributed by atoms with Gasteiger partial charge in [0.1, 0.15) is 60.4 Å². The van der Waals surface area contributed by atoms with Gasteiger partial charge in [-0.1, -0.05) is 68.2 Å². The van der Waals surface area contributed by atoms with Crippen LogP contribution in [-0.2, 0) is 81.5 Å². The van der Waals surface area contributed by atoms with Crippen LogP contribution in [0.2, 0.25) is 0 Å². The van der Waals surface area contributed by atoms with Gasteiger partial charge >= 0.3 is 17.9 Å². The summed E-state index contributed by atoms with van der Waals surface area (Å²) >= 11 is 1.39. The number of rotatable bonds is 49. The zero-order valence-corrected chi connectivity index (χ0v) is 57.4. The standard InChI is InChI=1S/C59H102N16O21S/c1-11-30(7)47(57(93)65-25-42(79)67-36(21-28(3)4)52(88)70-35(59(95)96)18-20-97-10)75-58(94)48(31(8)12-2)74-49(85)32(9)66-41(78)24-63-51(87)34(15-13-14-19-60)69-53(89)37(22-40(62)77)72-55(91)39(27-76)68-43(80)26-64-56(92)46(29(5)6)73-54(90)38(23-45(83)84)71-50(86)33(61)16-17-44(81)82/h28-39,46-48,76H,11-27,60-61H2,1-10H3,(H2,62,77)(H,63,87)(H,64,92)(H,65,93)(H,66,78)(H,67,79)(H,68,80)(H,69,89)(H,70,88)(H,71,86)(H,72,91)(H,73,90)(H,74,85)(H,75,94)(H,81,82)(H,83,84)(H,95,96). The predicted octanol–water partition coefficient (Wildman–Crippen LogP) is -6.50. The number of carboxylic acid groups (broad SMARTS) is 3. The number of carbonyl (C=O) groups excluding carboxylic acids is 14. The molecule has 0 saturated heterocycles. The molecule has 550 valence electrons. The first-order valence-corrected chi connectivity index (χ1v) is 33.1. The Bertz CT molecular complexity index is 2730. The van der Waals surface area contributed by atoms with Gasteiger partial charge in [0.2, 0.25) is 82.7 Å². The molecule has 0 fully saturated rings. The highest BCUT2D eigenvalue weighted by molar-refractivity contribution is 7.98. The van der Waals surface area contributed by atoms with Gasteiger partial charge in [0.25, 0.3) is 0 Å². The molecule has 0 radical (unpaired) electrons. The summed E-state index contributed by atoms with van der Waals surface area (Å²) in [6.07, 6.45) is 0.449. The maximum Gasteiger partial charge on any atom is 0.326 e. The maximum atomic E-state index is 14.0. The summed E-state index contributed by atoms with van der Waals surface area (Å²) in [7, 11) is 0. The zero-order chi connectivity index (χ0) is 74.4. The first-order valence-electron chi connectivity index (χ1n) is 31.7. The third kappa shape index (κ3) is 35.2. The molecule has 0 aromatic carbocycles. The molecule has 0 saturated carbocycles. The van der Waals surface area contributed by atoms with Crippen molar-refractivity contribution in [1.82, 2.24) is 69.1 Å². The average molecular weight is 1400 g/mol. The fraction of sp³-hybridized carbons (Fsp3) is 0.712. The third-order valence-electron chi connectivity index (χ3n) is 14.9. The maximum absolute atomic E-state index is 14.0. The number of hydrogen-bond acceptors (Lipinski definition) is 21.